The highest BCUT2D eigenvalue weighted by atomic mass is 32.1. The zero-order valence-electron chi connectivity index (χ0n) is 11.2. The third-order valence-corrected chi connectivity index (χ3v) is 3.57. The molecular weight excluding hydrogens is 272 g/mol. The quantitative estimate of drug-likeness (QED) is 0.606. The van der Waals surface area contributed by atoms with Crippen molar-refractivity contribution in [1.29, 1.82) is 0 Å². The number of unbranched alkanes of at least 4 members (excludes halogenated alkanes) is 1. The molecule has 0 atom stereocenters. The van der Waals surface area contributed by atoms with Gasteiger partial charge in [0.2, 0.25) is 5.95 Å². The largest absolute Gasteiger partial charge is 0.368 e. The van der Waals surface area contributed by atoms with Crippen molar-refractivity contribution >= 4 is 40.0 Å². The first kappa shape index (κ1) is 12.9. The van der Waals surface area contributed by atoms with E-state index in [1.807, 2.05) is 16.8 Å². The van der Waals surface area contributed by atoms with Gasteiger partial charge in [-0.15, -0.1) is 0 Å². The third kappa shape index (κ3) is 2.72. The molecule has 0 aliphatic carbocycles. The van der Waals surface area contributed by atoms with Crippen LogP contribution in [0.25, 0.3) is 11.2 Å². The Morgan fingerprint density at radius 2 is 2.30 bits per heavy atom. The van der Waals surface area contributed by atoms with E-state index in [2.05, 4.69) is 37.5 Å². The number of fused-ring (bicyclic) bond motifs is 1. The van der Waals surface area contributed by atoms with Crippen LogP contribution in [0.1, 0.15) is 19.8 Å². The maximum atomic E-state index is 4.52. The van der Waals surface area contributed by atoms with Crippen LogP contribution in [-0.2, 0) is 0 Å². The number of nitrogens with one attached hydrogen (secondary N) is 3. The van der Waals surface area contributed by atoms with Crippen LogP contribution in [0.15, 0.2) is 23.2 Å². The highest BCUT2D eigenvalue weighted by Gasteiger charge is 2.09. The second-order valence-electron chi connectivity index (χ2n) is 4.41. The van der Waals surface area contributed by atoms with Crippen molar-refractivity contribution < 1.29 is 0 Å². The van der Waals surface area contributed by atoms with Gasteiger partial charge in [0.05, 0.1) is 12.0 Å². The number of nitrogens with zero attached hydrogens (tertiary/aromatic N) is 3. The molecular formula is C13H16N6S. The third-order valence-electron chi connectivity index (χ3n) is 2.89. The molecule has 104 valence electrons. The fourth-order valence-corrected chi connectivity index (χ4v) is 2.45. The van der Waals surface area contributed by atoms with E-state index in [0.717, 1.165) is 36.4 Å². The van der Waals surface area contributed by atoms with E-state index in [0.29, 0.717) is 11.6 Å². The van der Waals surface area contributed by atoms with Crippen molar-refractivity contribution in [3.63, 3.8) is 0 Å². The standard InChI is InChI=1S/C13H16N6S/c1-2-3-5-14-11-10-12(16-8-15-10)19-13(18-11)17-9-4-6-20-7-9/h4,6-8H,2-3,5H2,1H3,(H3,14,15,16,17,18,19). The zero-order valence-corrected chi connectivity index (χ0v) is 12.0. The van der Waals surface area contributed by atoms with E-state index in [4.69, 9.17) is 0 Å². The minimum atomic E-state index is 0.557. The Balaban J connectivity index is 1.88. The van der Waals surface area contributed by atoms with Gasteiger partial charge in [-0.1, -0.05) is 13.3 Å². The lowest BCUT2D eigenvalue weighted by Gasteiger charge is -2.08. The van der Waals surface area contributed by atoms with Crippen LogP contribution in [-0.4, -0.2) is 26.5 Å². The number of rotatable bonds is 6. The van der Waals surface area contributed by atoms with Crippen LogP contribution in [0.2, 0.25) is 0 Å². The summed E-state index contributed by atoms with van der Waals surface area (Å²) in [4.78, 5) is 16.2. The van der Waals surface area contributed by atoms with E-state index < -0.39 is 0 Å². The van der Waals surface area contributed by atoms with Gasteiger partial charge >= 0.3 is 0 Å². The smallest absolute Gasteiger partial charge is 0.231 e. The molecule has 0 aliphatic rings. The number of H-pyrrole nitrogens is 1. The lowest BCUT2D eigenvalue weighted by atomic mass is 10.3. The molecule has 0 radical (unpaired) electrons. The SMILES string of the molecule is CCCCNc1nc(Nc2ccsc2)nc2nc[nH]c12. The number of hydrogen-bond donors (Lipinski definition) is 3. The lowest BCUT2D eigenvalue weighted by Crippen LogP contribution is -2.06. The monoisotopic (exact) mass is 288 g/mol. The van der Waals surface area contributed by atoms with Crippen molar-refractivity contribution in [2.75, 3.05) is 17.2 Å². The molecule has 0 fully saturated rings. The van der Waals surface area contributed by atoms with E-state index in [-0.39, 0.29) is 0 Å². The summed E-state index contributed by atoms with van der Waals surface area (Å²) in [5.74, 6) is 1.35. The summed E-state index contributed by atoms with van der Waals surface area (Å²) in [5.41, 5.74) is 2.50. The van der Waals surface area contributed by atoms with Crippen LogP contribution in [0, 0.1) is 0 Å². The maximum absolute atomic E-state index is 4.52. The highest BCUT2D eigenvalue weighted by molar-refractivity contribution is 7.08. The van der Waals surface area contributed by atoms with Gasteiger partial charge in [0.25, 0.3) is 0 Å². The van der Waals surface area contributed by atoms with E-state index in [9.17, 15) is 0 Å². The average Bonchev–Trinajstić information content (AvgIpc) is 3.10. The number of aromatic amines is 1. The molecule has 3 heterocycles. The van der Waals surface area contributed by atoms with Gasteiger partial charge in [-0.3, -0.25) is 0 Å². The summed E-state index contributed by atoms with van der Waals surface area (Å²) in [6, 6.07) is 1.99. The Morgan fingerprint density at radius 3 is 3.10 bits per heavy atom. The van der Waals surface area contributed by atoms with Crippen LogP contribution in [0.5, 0.6) is 0 Å². The van der Waals surface area contributed by atoms with Crippen molar-refractivity contribution in [2.24, 2.45) is 0 Å². The van der Waals surface area contributed by atoms with Gasteiger partial charge in [-0.25, -0.2) is 4.98 Å². The first-order chi connectivity index (χ1) is 9.86. The molecule has 6 nitrogen and oxygen atoms in total. The number of hydrogen-bond acceptors (Lipinski definition) is 6. The number of aromatic nitrogens is 4. The first-order valence-electron chi connectivity index (χ1n) is 6.61. The summed E-state index contributed by atoms with van der Waals surface area (Å²) in [6.07, 6.45) is 3.88. The Morgan fingerprint density at radius 1 is 1.35 bits per heavy atom. The molecule has 0 unspecified atom stereocenters. The Bertz CT molecular complexity index is 675. The van der Waals surface area contributed by atoms with E-state index >= 15 is 0 Å². The second-order valence-corrected chi connectivity index (χ2v) is 5.19. The Kier molecular flexibility index (Phi) is 3.78. The molecule has 0 aliphatic heterocycles. The average molecular weight is 288 g/mol. The fourth-order valence-electron chi connectivity index (χ4n) is 1.87. The minimum absolute atomic E-state index is 0.557. The normalized spacial score (nSPS) is 10.8. The maximum Gasteiger partial charge on any atom is 0.231 e. The predicted molar refractivity (Wildman–Crippen MR) is 82.7 cm³/mol. The zero-order chi connectivity index (χ0) is 13.8. The topological polar surface area (TPSA) is 78.5 Å². The van der Waals surface area contributed by atoms with Crippen molar-refractivity contribution in [2.45, 2.75) is 19.8 Å². The lowest BCUT2D eigenvalue weighted by molar-refractivity contribution is 0.831. The van der Waals surface area contributed by atoms with Crippen LogP contribution < -0.4 is 10.6 Å². The number of imidazole rings is 1. The Hall–Kier alpha value is -2.15. The molecule has 0 spiro atoms. The molecule has 3 rings (SSSR count). The van der Waals surface area contributed by atoms with Crippen LogP contribution in [0.3, 0.4) is 0 Å². The van der Waals surface area contributed by atoms with E-state index in [1.165, 1.54) is 0 Å². The van der Waals surface area contributed by atoms with Gasteiger partial charge < -0.3 is 15.6 Å². The van der Waals surface area contributed by atoms with Gasteiger partial charge in [-0.05, 0) is 17.9 Å². The molecule has 3 aromatic heterocycles. The van der Waals surface area contributed by atoms with Crippen molar-refractivity contribution in [1.82, 2.24) is 19.9 Å². The van der Waals surface area contributed by atoms with Gasteiger partial charge in [-0.2, -0.15) is 21.3 Å². The fraction of sp³-hybridized carbons (Fsp3) is 0.308. The molecule has 3 aromatic rings. The van der Waals surface area contributed by atoms with Gasteiger partial charge in [0, 0.05) is 11.9 Å². The van der Waals surface area contributed by atoms with Crippen molar-refractivity contribution in [3.8, 4) is 0 Å². The molecule has 0 saturated heterocycles. The molecule has 0 aromatic carbocycles. The second kappa shape index (κ2) is 5.87. The molecule has 3 N–H and O–H groups in total. The van der Waals surface area contributed by atoms with Gasteiger partial charge in [0.15, 0.2) is 11.5 Å². The molecule has 20 heavy (non-hydrogen) atoms. The summed E-state index contributed by atoms with van der Waals surface area (Å²) < 4.78 is 0. The van der Waals surface area contributed by atoms with Crippen LogP contribution >= 0.6 is 11.3 Å². The van der Waals surface area contributed by atoms with E-state index in [1.54, 1.807) is 17.7 Å². The number of anilines is 3. The molecule has 0 amide bonds. The number of thiophene rings is 1. The minimum Gasteiger partial charge on any atom is -0.368 e. The summed E-state index contributed by atoms with van der Waals surface area (Å²) in [6.45, 7) is 3.05. The van der Waals surface area contributed by atoms with Crippen LogP contribution in [0.4, 0.5) is 17.5 Å². The van der Waals surface area contributed by atoms with Crippen molar-refractivity contribution in [3.05, 3.63) is 23.2 Å². The molecule has 7 heteroatoms. The first-order valence-corrected chi connectivity index (χ1v) is 7.55. The molecule has 0 bridgehead atoms. The molecule has 0 saturated carbocycles. The summed E-state index contributed by atoms with van der Waals surface area (Å²) in [5, 5.41) is 10.6. The van der Waals surface area contributed by atoms with Gasteiger partial charge in [0.1, 0.15) is 5.52 Å². The summed E-state index contributed by atoms with van der Waals surface area (Å²) >= 11 is 1.63. The predicted octanol–water partition coefficient (Wildman–Crippen LogP) is 3.37. The highest BCUT2D eigenvalue weighted by Crippen LogP contribution is 2.22. The summed E-state index contributed by atoms with van der Waals surface area (Å²) in [7, 11) is 0. The Labute approximate surface area is 120 Å².